The minimum absolute atomic E-state index is 0.229. The third-order valence-corrected chi connectivity index (χ3v) is 3.62. The highest BCUT2D eigenvalue weighted by Crippen LogP contribution is 2.28. The number of hydrogen-bond donors (Lipinski definition) is 1. The lowest BCUT2D eigenvalue weighted by atomic mass is 9.99. The highest BCUT2D eigenvalue weighted by atomic mass is 35.5. The third kappa shape index (κ3) is 3.59. The minimum Gasteiger partial charge on any atom is -0.310 e. The molecule has 0 aliphatic carbocycles. The number of benzene rings is 2. The van der Waals surface area contributed by atoms with Crippen LogP contribution in [-0.4, -0.2) is 6.04 Å². The number of rotatable bonds is 4. The Bertz CT molecular complexity index is 608. The second-order valence-electron chi connectivity index (χ2n) is 5.30. The molecule has 3 heteroatoms. The number of hydrogen-bond acceptors (Lipinski definition) is 1. The van der Waals surface area contributed by atoms with Crippen LogP contribution in [0, 0.1) is 12.7 Å². The van der Waals surface area contributed by atoms with Gasteiger partial charge < -0.3 is 5.32 Å². The van der Waals surface area contributed by atoms with Gasteiger partial charge in [0, 0.05) is 17.6 Å². The van der Waals surface area contributed by atoms with Crippen LogP contribution in [0.3, 0.4) is 0 Å². The first-order valence-electron chi connectivity index (χ1n) is 6.75. The lowest BCUT2D eigenvalue weighted by molar-refractivity contribution is 0.589. The fourth-order valence-corrected chi connectivity index (χ4v) is 2.32. The molecule has 0 amide bonds. The van der Waals surface area contributed by atoms with Gasteiger partial charge in [0.1, 0.15) is 5.82 Å². The van der Waals surface area contributed by atoms with Gasteiger partial charge in [0.25, 0.3) is 0 Å². The highest BCUT2D eigenvalue weighted by Gasteiger charge is 2.07. The molecule has 0 saturated carbocycles. The molecule has 1 nitrogen and oxygen atoms in total. The van der Waals surface area contributed by atoms with E-state index in [4.69, 9.17) is 11.6 Å². The smallest absolute Gasteiger partial charge is 0.123 e. The van der Waals surface area contributed by atoms with Gasteiger partial charge in [-0.1, -0.05) is 43.6 Å². The number of halogens is 2. The molecular formula is C17H19ClFN. The Morgan fingerprint density at radius 2 is 1.90 bits per heavy atom. The first-order valence-corrected chi connectivity index (χ1v) is 7.13. The standard InChI is InChI=1S/C17H19ClFN/c1-11(2)20-10-14-6-5-13(8-17(14)18)16-9-15(19)7-4-12(16)3/h4-9,11,20H,10H2,1-3H3. The fourth-order valence-electron chi connectivity index (χ4n) is 2.08. The molecule has 2 rings (SSSR count). The molecule has 0 heterocycles. The van der Waals surface area contributed by atoms with Gasteiger partial charge in [0.05, 0.1) is 0 Å². The van der Waals surface area contributed by atoms with Crippen LogP contribution in [0.5, 0.6) is 0 Å². The summed E-state index contributed by atoms with van der Waals surface area (Å²) in [5, 5.41) is 4.05. The summed E-state index contributed by atoms with van der Waals surface area (Å²) in [7, 11) is 0. The summed E-state index contributed by atoms with van der Waals surface area (Å²) in [6.07, 6.45) is 0. The Hall–Kier alpha value is -1.38. The average molecular weight is 292 g/mol. The van der Waals surface area contributed by atoms with Crippen molar-refractivity contribution in [1.82, 2.24) is 5.32 Å². The van der Waals surface area contributed by atoms with Gasteiger partial charge >= 0.3 is 0 Å². The van der Waals surface area contributed by atoms with Gasteiger partial charge in [0.2, 0.25) is 0 Å². The van der Waals surface area contributed by atoms with Crippen LogP contribution in [0.4, 0.5) is 4.39 Å². The van der Waals surface area contributed by atoms with Crippen molar-refractivity contribution >= 4 is 11.6 Å². The van der Waals surface area contributed by atoms with Crippen molar-refractivity contribution in [3.05, 3.63) is 58.4 Å². The van der Waals surface area contributed by atoms with Gasteiger partial charge in [-0.15, -0.1) is 0 Å². The predicted molar refractivity (Wildman–Crippen MR) is 83.6 cm³/mol. The van der Waals surface area contributed by atoms with E-state index < -0.39 is 0 Å². The van der Waals surface area contributed by atoms with E-state index >= 15 is 0 Å². The summed E-state index contributed by atoms with van der Waals surface area (Å²) in [5.74, 6) is -0.229. The van der Waals surface area contributed by atoms with E-state index in [1.165, 1.54) is 6.07 Å². The van der Waals surface area contributed by atoms with Crippen molar-refractivity contribution in [3.63, 3.8) is 0 Å². The molecular weight excluding hydrogens is 273 g/mol. The predicted octanol–water partition coefficient (Wildman–Crippen LogP) is 4.95. The molecule has 0 saturated heterocycles. The van der Waals surface area contributed by atoms with Crippen molar-refractivity contribution in [2.24, 2.45) is 0 Å². The molecule has 2 aromatic rings. The zero-order chi connectivity index (χ0) is 14.7. The maximum Gasteiger partial charge on any atom is 0.123 e. The molecule has 2 aromatic carbocycles. The van der Waals surface area contributed by atoms with Crippen molar-refractivity contribution < 1.29 is 4.39 Å². The number of nitrogens with one attached hydrogen (secondary N) is 1. The van der Waals surface area contributed by atoms with E-state index in [1.807, 2.05) is 25.1 Å². The second-order valence-corrected chi connectivity index (χ2v) is 5.71. The number of aryl methyl sites for hydroxylation is 1. The van der Waals surface area contributed by atoms with E-state index in [0.717, 1.165) is 28.8 Å². The molecule has 0 atom stereocenters. The molecule has 1 N–H and O–H groups in total. The van der Waals surface area contributed by atoms with Crippen molar-refractivity contribution in [2.45, 2.75) is 33.4 Å². The zero-order valence-electron chi connectivity index (χ0n) is 12.0. The Labute approximate surface area is 124 Å². The van der Waals surface area contributed by atoms with Gasteiger partial charge in [-0.25, -0.2) is 4.39 Å². The summed E-state index contributed by atoms with van der Waals surface area (Å²) in [4.78, 5) is 0. The summed E-state index contributed by atoms with van der Waals surface area (Å²) in [6, 6.07) is 11.1. The molecule has 0 aromatic heterocycles. The largest absolute Gasteiger partial charge is 0.310 e. The molecule has 0 aliphatic heterocycles. The van der Waals surface area contributed by atoms with Gasteiger partial charge in [-0.3, -0.25) is 0 Å². The minimum atomic E-state index is -0.229. The van der Waals surface area contributed by atoms with E-state index in [-0.39, 0.29) is 5.82 Å². The zero-order valence-corrected chi connectivity index (χ0v) is 12.8. The molecule has 0 radical (unpaired) electrons. The Kier molecular flexibility index (Phi) is 4.79. The van der Waals surface area contributed by atoms with E-state index in [2.05, 4.69) is 19.2 Å². The molecule has 0 spiro atoms. The third-order valence-electron chi connectivity index (χ3n) is 3.26. The van der Waals surface area contributed by atoms with Crippen LogP contribution in [0.1, 0.15) is 25.0 Å². The van der Waals surface area contributed by atoms with Gasteiger partial charge in [-0.2, -0.15) is 0 Å². The van der Waals surface area contributed by atoms with Crippen molar-refractivity contribution in [3.8, 4) is 11.1 Å². The molecule has 0 bridgehead atoms. The monoisotopic (exact) mass is 291 g/mol. The Morgan fingerprint density at radius 1 is 1.15 bits per heavy atom. The van der Waals surface area contributed by atoms with Crippen molar-refractivity contribution in [1.29, 1.82) is 0 Å². The highest BCUT2D eigenvalue weighted by molar-refractivity contribution is 6.31. The summed E-state index contributed by atoms with van der Waals surface area (Å²) < 4.78 is 13.4. The molecule has 0 fully saturated rings. The normalized spacial score (nSPS) is 11.1. The maximum absolute atomic E-state index is 13.4. The van der Waals surface area contributed by atoms with E-state index in [1.54, 1.807) is 12.1 Å². The molecule has 106 valence electrons. The Morgan fingerprint density at radius 3 is 2.55 bits per heavy atom. The molecule has 20 heavy (non-hydrogen) atoms. The van der Waals surface area contributed by atoms with Crippen LogP contribution < -0.4 is 5.32 Å². The molecule has 0 aliphatic rings. The van der Waals surface area contributed by atoms with Gasteiger partial charge in [-0.05, 0) is 47.4 Å². The topological polar surface area (TPSA) is 12.0 Å². The van der Waals surface area contributed by atoms with E-state index in [0.29, 0.717) is 11.1 Å². The lowest BCUT2D eigenvalue weighted by Gasteiger charge is -2.12. The summed E-state index contributed by atoms with van der Waals surface area (Å²) >= 11 is 6.32. The molecule has 0 unspecified atom stereocenters. The SMILES string of the molecule is Cc1ccc(F)cc1-c1ccc(CNC(C)C)c(Cl)c1. The first kappa shape index (κ1) is 15.0. The summed E-state index contributed by atoms with van der Waals surface area (Å²) in [5.41, 5.74) is 3.92. The van der Waals surface area contributed by atoms with Gasteiger partial charge in [0.15, 0.2) is 0 Å². The van der Waals surface area contributed by atoms with Crippen LogP contribution in [0.2, 0.25) is 5.02 Å². The first-order chi connectivity index (χ1) is 9.47. The Balaban J connectivity index is 2.31. The quantitative estimate of drug-likeness (QED) is 0.840. The van der Waals surface area contributed by atoms with Crippen LogP contribution in [-0.2, 0) is 6.54 Å². The maximum atomic E-state index is 13.4. The average Bonchev–Trinajstić information content (AvgIpc) is 2.40. The lowest BCUT2D eigenvalue weighted by Crippen LogP contribution is -2.21. The fraction of sp³-hybridized carbons (Fsp3) is 0.294. The second kappa shape index (κ2) is 6.38. The van der Waals surface area contributed by atoms with Crippen LogP contribution in [0.15, 0.2) is 36.4 Å². The van der Waals surface area contributed by atoms with Crippen LogP contribution >= 0.6 is 11.6 Å². The van der Waals surface area contributed by atoms with Crippen LogP contribution in [0.25, 0.3) is 11.1 Å². The summed E-state index contributed by atoms with van der Waals surface area (Å²) in [6.45, 7) is 6.90. The van der Waals surface area contributed by atoms with E-state index in [9.17, 15) is 4.39 Å². The van der Waals surface area contributed by atoms with Crippen molar-refractivity contribution in [2.75, 3.05) is 0 Å².